The van der Waals surface area contributed by atoms with Gasteiger partial charge in [-0.2, -0.15) is 11.8 Å². The molecule has 0 radical (unpaired) electrons. The maximum absolute atomic E-state index is 12.3. The van der Waals surface area contributed by atoms with Crippen molar-refractivity contribution in [2.45, 2.75) is 17.6 Å². The Kier molecular flexibility index (Phi) is 5.68. The quantitative estimate of drug-likeness (QED) is 0.727. The second-order valence-electron chi connectivity index (χ2n) is 4.55. The van der Waals surface area contributed by atoms with Crippen molar-refractivity contribution in [3.05, 3.63) is 28.8 Å². The van der Waals surface area contributed by atoms with Crippen molar-refractivity contribution >= 4 is 54.8 Å². The van der Waals surface area contributed by atoms with Crippen molar-refractivity contribution in [2.24, 2.45) is 0 Å². The van der Waals surface area contributed by atoms with Gasteiger partial charge in [0.1, 0.15) is 5.37 Å². The largest absolute Gasteiger partial charge is 0.353 e. The summed E-state index contributed by atoms with van der Waals surface area (Å²) in [6.45, 7) is 2.44. The summed E-state index contributed by atoms with van der Waals surface area (Å²) >= 11 is 11.4. The van der Waals surface area contributed by atoms with Crippen LogP contribution in [0.15, 0.2) is 18.2 Å². The molecule has 0 saturated carbocycles. The maximum Gasteiger partial charge on any atom is 0.171 e. The van der Waals surface area contributed by atoms with E-state index in [1.165, 1.54) is 0 Å². The Morgan fingerprint density at radius 1 is 1.50 bits per heavy atom. The minimum Gasteiger partial charge on any atom is -0.353 e. The van der Waals surface area contributed by atoms with Crippen molar-refractivity contribution in [2.75, 3.05) is 28.7 Å². The van der Waals surface area contributed by atoms with Crippen LogP contribution in [-0.4, -0.2) is 37.6 Å². The third-order valence-corrected chi connectivity index (χ3v) is 7.64. The number of hydrogen-bond acceptors (Lipinski definition) is 4. The van der Waals surface area contributed by atoms with E-state index in [0.29, 0.717) is 16.1 Å². The van der Waals surface area contributed by atoms with Crippen molar-refractivity contribution in [1.29, 1.82) is 0 Å². The zero-order chi connectivity index (χ0) is 14.8. The lowest BCUT2D eigenvalue weighted by Gasteiger charge is -2.37. The van der Waals surface area contributed by atoms with Crippen LogP contribution in [0.25, 0.3) is 0 Å². The summed E-state index contributed by atoms with van der Waals surface area (Å²) in [5.41, 5.74) is 1.88. The average Bonchev–Trinajstić information content (AvgIpc) is 2.47. The number of sulfone groups is 1. The summed E-state index contributed by atoms with van der Waals surface area (Å²) in [5.74, 6) is 1.72. The zero-order valence-corrected chi connectivity index (χ0v) is 15.2. The Hall–Kier alpha value is 0.0900. The summed E-state index contributed by atoms with van der Waals surface area (Å²) in [7, 11) is -3.11. The Bertz CT molecular complexity index is 580. The highest BCUT2D eigenvalue weighted by Crippen LogP contribution is 2.34. The third-order valence-electron chi connectivity index (χ3n) is 3.44. The lowest BCUT2D eigenvalue weighted by atomic mass is 10.2. The van der Waals surface area contributed by atoms with Crippen molar-refractivity contribution in [3.63, 3.8) is 0 Å². The molecule has 1 aromatic rings. The van der Waals surface area contributed by atoms with Gasteiger partial charge < -0.3 is 4.90 Å². The maximum atomic E-state index is 12.3. The fourth-order valence-electron chi connectivity index (χ4n) is 2.30. The van der Waals surface area contributed by atoms with Gasteiger partial charge in [-0.15, -0.1) is 0 Å². The summed E-state index contributed by atoms with van der Waals surface area (Å²) in [6.07, 6.45) is 0. The Labute approximate surface area is 138 Å². The first-order valence-corrected chi connectivity index (χ1v) is 10.8. The van der Waals surface area contributed by atoms with Crippen LogP contribution < -0.4 is 4.90 Å². The van der Waals surface area contributed by atoms with E-state index >= 15 is 0 Å². The molecule has 0 spiro atoms. The molecule has 1 heterocycles. The van der Waals surface area contributed by atoms with Crippen molar-refractivity contribution < 1.29 is 8.42 Å². The first-order chi connectivity index (χ1) is 9.51. The number of halogens is 2. The van der Waals surface area contributed by atoms with Crippen LogP contribution in [0.1, 0.15) is 12.5 Å². The molecule has 1 aliphatic rings. The van der Waals surface area contributed by atoms with Gasteiger partial charge >= 0.3 is 0 Å². The van der Waals surface area contributed by atoms with Gasteiger partial charge in [-0.05, 0) is 12.1 Å². The van der Waals surface area contributed by atoms with Crippen LogP contribution in [0.2, 0.25) is 5.02 Å². The predicted octanol–water partition coefficient (Wildman–Crippen LogP) is 3.55. The molecular weight excluding hydrogens is 382 g/mol. The highest BCUT2D eigenvalue weighted by Gasteiger charge is 2.34. The number of alkyl halides is 1. The third kappa shape index (κ3) is 3.29. The molecule has 2 rings (SSSR count). The number of hydrogen-bond donors (Lipinski definition) is 0. The van der Waals surface area contributed by atoms with Gasteiger partial charge in [0.2, 0.25) is 0 Å². The molecule has 1 unspecified atom stereocenters. The molecular formula is C13H17BrClNO2S2. The van der Waals surface area contributed by atoms with E-state index in [1.807, 2.05) is 23.1 Å². The molecule has 1 aliphatic heterocycles. The summed E-state index contributed by atoms with van der Waals surface area (Å²) in [6, 6.07) is 5.67. The highest BCUT2D eigenvalue weighted by molar-refractivity contribution is 9.08. The van der Waals surface area contributed by atoms with Crippen LogP contribution >= 0.6 is 39.3 Å². The molecule has 1 atom stereocenters. The van der Waals surface area contributed by atoms with Crippen LogP contribution in [0, 0.1) is 0 Å². The monoisotopic (exact) mass is 397 g/mol. The molecule has 0 bridgehead atoms. The first kappa shape index (κ1) is 16.5. The normalized spacial score (nSPS) is 20.1. The van der Waals surface area contributed by atoms with Gasteiger partial charge in [-0.1, -0.05) is 40.5 Å². The second-order valence-corrected chi connectivity index (χ2v) is 9.11. The predicted molar refractivity (Wildman–Crippen MR) is 92.0 cm³/mol. The molecule has 1 aromatic carbocycles. The second kappa shape index (κ2) is 6.90. The van der Waals surface area contributed by atoms with E-state index in [2.05, 4.69) is 15.9 Å². The summed E-state index contributed by atoms with van der Waals surface area (Å²) < 4.78 is 24.6. The van der Waals surface area contributed by atoms with E-state index in [-0.39, 0.29) is 5.75 Å². The Morgan fingerprint density at radius 3 is 2.90 bits per heavy atom. The molecule has 0 N–H and O–H groups in total. The zero-order valence-electron chi connectivity index (χ0n) is 11.2. The van der Waals surface area contributed by atoms with Crippen molar-refractivity contribution in [3.8, 4) is 0 Å². The summed E-state index contributed by atoms with van der Waals surface area (Å²) in [4.78, 5) is 2.00. The van der Waals surface area contributed by atoms with Crippen LogP contribution in [0.3, 0.4) is 0 Å². The first-order valence-electron chi connectivity index (χ1n) is 6.40. The molecule has 0 aromatic heterocycles. The minimum absolute atomic E-state index is 0.166. The molecule has 3 nitrogen and oxygen atoms in total. The number of anilines is 1. The topological polar surface area (TPSA) is 37.4 Å². The lowest BCUT2D eigenvalue weighted by molar-refractivity contribution is 0.579. The number of nitrogens with zero attached hydrogens (tertiary/aromatic N) is 1. The highest BCUT2D eigenvalue weighted by atomic mass is 79.9. The van der Waals surface area contributed by atoms with Gasteiger partial charge in [0.15, 0.2) is 9.84 Å². The number of thioether (sulfide) groups is 1. The smallest absolute Gasteiger partial charge is 0.171 e. The molecule has 1 fully saturated rings. The van der Waals surface area contributed by atoms with Gasteiger partial charge in [-0.25, -0.2) is 8.42 Å². The Morgan fingerprint density at radius 2 is 2.25 bits per heavy atom. The van der Waals surface area contributed by atoms with Crippen molar-refractivity contribution in [1.82, 2.24) is 0 Å². The van der Waals surface area contributed by atoms with E-state index in [9.17, 15) is 8.42 Å². The fraction of sp³-hybridized carbons (Fsp3) is 0.538. The van der Waals surface area contributed by atoms with E-state index < -0.39 is 15.2 Å². The van der Waals surface area contributed by atoms with Crippen LogP contribution in [-0.2, 0) is 15.2 Å². The van der Waals surface area contributed by atoms with E-state index in [4.69, 9.17) is 11.6 Å². The molecule has 7 heteroatoms. The Balaban J connectivity index is 2.46. The summed E-state index contributed by atoms with van der Waals surface area (Å²) in [5, 5.41) is 0.831. The van der Waals surface area contributed by atoms with Gasteiger partial charge in [0, 0.05) is 45.4 Å². The number of rotatable bonds is 4. The molecule has 0 amide bonds. The van der Waals surface area contributed by atoms with Crippen LogP contribution in [0.5, 0.6) is 0 Å². The van der Waals surface area contributed by atoms with E-state index in [0.717, 1.165) is 23.5 Å². The fourth-order valence-corrected chi connectivity index (χ4v) is 6.27. The van der Waals surface area contributed by atoms with Gasteiger partial charge in [0.25, 0.3) is 0 Å². The average molecular weight is 399 g/mol. The molecule has 0 aliphatic carbocycles. The molecule has 112 valence electrons. The van der Waals surface area contributed by atoms with E-state index in [1.54, 1.807) is 18.7 Å². The minimum atomic E-state index is -3.11. The standard InChI is InChI=1S/C13H17BrClNO2S2/c1-2-20(17,18)13-9-19-7-6-16(13)12-5-3-4-11(15)10(12)8-14/h3-5,13H,2,6-9H2,1H3. The van der Waals surface area contributed by atoms with Gasteiger partial charge in [-0.3, -0.25) is 0 Å². The molecule has 1 saturated heterocycles. The molecule has 20 heavy (non-hydrogen) atoms. The number of benzene rings is 1. The SMILES string of the molecule is CCS(=O)(=O)C1CSCCN1c1cccc(Cl)c1CBr. The van der Waals surface area contributed by atoms with Crippen LogP contribution in [0.4, 0.5) is 5.69 Å². The van der Waals surface area contributed by atoms with Gasteiger partial charge in [0.05, 0.1) is 0 Å². The lowest BCUT2D eigenvalue weighted by Crippen LogP contribution is -2.48.